The van der Waals surface area contributed by atoms with Gasteiger partial charge in [-0.3, -0.25) is 4.72 Å². The standard InChI is InChI=1S/C14H12F3NO3S.C5H11N/c1-9-3-2-4-11(7-9)22(20,21)18-10-5-6-12(13(19)8-10)14(15,16)17;1-6-4-2-3-5-6/h2-8,18-19H,1H3;2-5H2,1H3. The van der Waals surface area contributed by atoms with Crippen molar-refractivity contribution < 1.29 is 26.7 Å². The first kappa shape index (κ1) is 22.0. The van der Waals surface area contributed by atoms with E-state index in [1.165, 1.54) is 38.1 Å². The first-order valence-electron chi connectivity index (χ1n) is 8.67. The number of aromatic hydroxyl groups is 1. The first-order valence-corrected chi connectivity index (χ1v) is 10.2. The van der Waals surface area contributed by atoms with Gasteiger partial charge in [0.25, 0.3) is 10.0 Å². The van der Waals surface area contributed by atoms with Crippen LogP contribution in [0, 0.1) is 6.92 Å². The molecule has 0 unspecified atom stereocenters. The van der Waals surface area contributed by atoms with Crippen LogP contribution in [0.15, 0.2) is 47.4 Å². The molecule has 2 aromatic carbocycles. The molecule has 1 aliphatic heterocycles. The van der Waals surface area contributed by atoms with Gasteiger partial charge in [0, 0.05) is 6.07 Å². The van der Waals surface area contributed by atoms with Crippen LogP contribution in [0.1, 0.15) is 24.0 Å². The minimum absolute atomic E-state index is 0.0214. The molecule has 1 aliphatic rings. The normalized spacial score (nSPS) is 15.0. The van der Waals surface area contributed by atoms with Crippen LogP contribution in [0.5, 0.6) is 5.75 Å². The molecule has 0 amide bonds. The van der Waals surface area contributed by atoms with Gasteiger partial charge in [-0.05, 0) is 69.7 Å². The Morgan fingerprint density at radius 2 is 1.71 bits per heavy atom. The molecule has 1 heterocycles. The number of alkyl halides is 3. The molecule has 1 saturated heterocycles. The van der Waals surface area contributed by atoms with Crippen molar-refractivity contribution >= 4 is 15.7 Å². The quantitative estimate of drug-likeness (QED) is 0.786. The van der Waals surface area contributed by atoms with Crippen molar-refractivity contribution in [3.05, 3.63) is 53.6 Å². The number of anilines is 1. The van der Waals surface area contributed by atoms with Gasteiger partial charge in [0.15, 0.2) is 0 Å². The van der Waals surface area contributed by atoms with E-state index >= 15 is 0 Å². The molecule has 0 saturated carbocycles. The van der Waals surface area contributed by atoms with E-state index in [2.05, 4.69) is 16.7 Å². The summed E-state index contributed by atoms with van der Waals surface area (Å²) in [5.41, 5.74) is -0.670. The SMILES string of the molecule is CN1CCCC1.Cc1cccc(S(=O)(=O)Nc2ccc(C(F)(F)F)c(O)c2)c1. The number of nitrogens with one attached hydrogen (secondary N) is 1. The summed E-state index contributed by atoms with van der Waals surface area (Å²) >= 11 is 0. The maximum atomic E-state index is 12.5. The minimum atomic E-state index is -4.71. The van der Waals surface area contributed by atoms with Crippen molar-refractivity contribution in [1.29, 1.82) is 0 Å². The third kappa shape index (κ3) is 6.13. The van der Waals surface area contributed by atoms with Crippen LogP contribution in [-0.2, 0) is 16.2 Å². The van der Waals surface area contributed by atoms with Gasteiger partial charge < -0.3 is 10.0 Å². The number of likely N-dealkylation sites (tertiary alicyclic amines) is 1. The Kier molecular flexibility index (Phi) is 6.95. The summed E-state index contributed by atoms with van der Waals surface area (Å²) in [5.74, 6) is -1.04. The monoisotopic (exact) mass is 416 g/mol. The molecule has 1 fully saturated rings. The zero-order chi connectivity index (χ0) is 20.9. The predicted octanol–water partition coefficient (Wildman–Crippen LogP) is 4.23. The number of benzene rings is 2. The highest BCUT2D eigenvalue weighted by atomic mass is 32.2. The molecule has 154 valence electrons. The zero-order valence-corrected chi connectivity index (χ0v) is 16.4. The van der Waals surface area contributed by atoms with Gasteiger partial charge in [0.1, 0.15) is 5.75 Å². The smallest absolute Gasteiger partial charge is 0.419 e. The van der Waals surface area contributed by atoms with Crippen molar-refractivity contribution in [2.75, 3.05) is 24.9 Å². The third-order valence-electron chi connectivity index (χ3n) is 4.18. The largest absolute Gasteiger partial charge is 0.507 e. The number of sulfonamides is 1. The Bertz CT molecular complexity index is 909. The van der Waals surface area contributed by atoms with Crippen LogP contribution in [0.3, 0.4) is 0 Å². The van der Waals surface area contributed by atoms with E-state index in [1.807, 2.05) is 0 Å². The summed E-state index contributed by atoms with van der Waals surface area (Å²) in [6, 6.07) is 8.32. The van der Waals surface area contributed by atoms with Crippen LogP contribution < -0.4 is 4.72 Å². The topological polar surface area (TPSA) is 69.6 Å². The highest BCUT2D eigenvalue weighted by Gasteiger charge is 2.33. The number of phenolic OH excluding ortho intramolecular Hbond substituents is 1. The lowest BCUT2D eigenvalue weighted by Gasteiger charge is -2.12. The second-order valence-electron chi connectivity index (χ2n) is 6.66. The van der Waals surface area contributed by atoms with Crippen molar-refractivity contribution in [1.82, 2.24) is 4.90 Å². The molecule has 0 bridgehead atoms. The molecule has 0 radical (unpaired) electrons. The number of rotatable bonds is 3. The second-order valence-corrected chi connectivity index (χ2v) is 8.34. The van der Waals surface area contributed by atoms with Crippen molar-refractivity contribution in [3.63, 3.8) is 0 Å². The summed E-state index contributed by atoms with van der Waals surface area (Å²) in [4.78, 5) is 2.34. The Labute approximate surface area is 162 Å². The number of phenols is 1. The molecular weight excluding hydrogens is 393 g/mol. The average molecular weight is 416 g/mol. The number of hydrogen-bond acceptors (Lipinski definition) is 4. The van der Waals surface area contributed by atoms with Crippen LogP contribution in [-0.4, -0.2) is 38.6 Å². The van der Waals surface area contributed by atoms with Crippen LogP contribution in [0.25, 0.3) is 0 Å². The van der Waals surface area contributed by atoms with E-state index in [1.54, 1.807) is 19.1 Å². The van der Waals surface area contributed by atoms with Gasteiger partial charge in [-0.2, -0.15) is 13.2 Å². The Hall–Kier alpha value is -2.26. The first-order chi connectivity index (χ1) is 13.0. The third-order valence-corrected chi connectivity index (χ3v) is 5.56. The lowest BCUT2D eigenvalue weighted by molar-refractivity contribution is -0.138. The highest BCUT2D eigenvalue weighted by Crippen LogP contribution is 2.37. The number of hydrogen-bond donors (Lipinski definition) is 2. The minimum Gasteiger partial charge on any atom is -0.507 e. The molecule has 28 heavy (non-hydrogen) atoms. The number of halogens is 3. The average Bonchev–Trinajstić information content (AvgIpc) is 3.05. The maximum Gasteiger partial charge on any atom is 0.419 e. The maximum absolute atomic E-state index is 12.5. The predicted molar refractivity (Wildman–Crippen MR) is 102 cm³/mol. The van der Waals surface area contributed by atoms with Gasteiger partial charge >= 0.3 is 6.18 Å². The summed E-state index contributed by atoms with van der Waals surface area (Å²) in [7, 11) is -1.77. The molecule has 0 aromatic heterocycles. The van der Waals surface area contributed by atoms with Crippen molar-refractivity contribution in [2.45, 2.75) is 30.8 Å². The lowest BCUT2D eigenvalue weighted by Crippen LogP contribution is -2.13. The number of nitrogens with zero attached hydrogens (tertiary/aromatic N) is 1. The van der Waals surface area contributed by atoms with E-state index in [4.69, 9.17) is 0 Å². The van der Waals surface area contributed by atoms with Crippen LogP contribution in [0.4, 0.5) is 18.9 Å². The van der Waals surface area contributed by atoms with Gasteiger partial charge in [-0.25, -0.2) is 8.42 Å². The molecule has 2 N–H and O–H groups in total. The summed E-state index contributed by atoms with van der Waals surface area (Å²) in [5, 5.41) is 9.38. The molecule has 0 aliphatic carbocycles. The molecule has 5 nitrogen and oxygen atoms in total. The van der Waals surface area contributed by atoms with E-state index in [0.717, 1.165) is 17.7 Å². The fraction of sp³-hybridized carbons (Fsp3) is 0.368. The van der Waals surface area contributed by atoms with Gasteiger partial charge in [-0.15, -0.1) is 0 Å². The summed E-state index contributed by atoms with van der Waals surface area (Å²) in [6.45, 7) is 4.35. The number of aryl methyl sites for hydroxylation is 1. The molecular formula is C19H23F3N2O3S. The van der Waals surface area contributed by atoms with E-state index in [-0.39, 0.29) is 10.6 Å². The second kappa shape index (κ2) is 8.83. The van der Waals surface area contributed by atoms with E-state index in [9.17, 15) is 26.7 Å². The van der Waals surface area contributed by atoms with Crippen LogP contribution >= 0.6 is 0 Å². The van der Waals surface area contributed by atoms with Crippen molar-refractivity contribution in [2.24, 2.45) is 0 Å². The Balaban J connectivity index is 0.000000397. The highest BCUT2D eigenvalue weighted by molar-refractivity contribution is 7.92. The van der Waals surface area contributed by atoms with Gasteiger partial charge in [0.05, 0.1) is 16.1 Å². The molecule has 3 rings (SSSR count). The van der Waals surface area contributed by atoms with Gasteiger partial charge in [-0.1, -0.05) is 12.1 Å². The summed E-state index contributed by atoms with van der Waals surface area (Å²) in [6.07, 6.45) is -1.88. The lowest BCUT2D eigenvalue weighted by atomic mass is 10.2. The molecule has 9 heteroatoms. The van der Waals surface area contributed by atoms with Gasteiger partial charge in [0.2, 0.25) is 0 Å². The Morgan fingerprint density at radius 3 is 2.18 bits per heavy atom. The van der Waals surface area contributed by atoms with Crippen LogP contribution in [0.2, 0.25) is 0 Å². The van der Waals surface area contributed by atoms with E-state index < -0.39 is 27.5 Å². The Morgan fingerprint density at radius 1 is 1.07 bits per heavy atom. The fourth-order valence-electron chi connectivity index (χ4n) is 2.71. The zero-order valence-electron chi connectivity index (χ0n) is 15.6. The molecule has 0 spiro atoms. The summed E-state index contributed by atoms with van der Waals surface area (Å²) < 4.78 is 64.0. The van der Waals surface area contributed by atoms with E-state index in [0.29, 0.717) is 6.07 Å². The molecule has 0 atom stereocenters. The fourth-order valence-corrected chi connectivity index (χ4v) is 3.86. The molecule has 2 aromatic rings. The van der Waals surface area contributed by atoms with Crippen molar-refractivity contribution in [3.8, 4) is 5.75 Å².